The van der Waals surface area contributed by atoms with Crippen molar-refractivity contribution in [3.63, 3.8) is 0 Å². The Hall–Kier alpha value is -2.99. The predicted octanol–water partition coefficient (Wildman–Crippen LogP) is 3.47. The van der Waals surface area contributed by atoms with Crippen molar-refractivity contribution >= 4 is 40.9 Å². The molecule has 2 N–H and O–H groups in total. The first kappa shape index (κ1) is 16.5. The van der Waals surface area contributed by atoms with Crippen LogP contribution in [-0.2, 0) is 9.59 Å². The number of hydrogen-bond donors (Lipinski definition) is 2. The summed E-state index contributed by atoms with van der Waals surface area (Å²) >= 11 is 5.99. The van der Waals surface area contributed by atoms with Crippen LogP contribution in [-0.4, -0.2) is 24.5 Å². The molecule has 0 spiro atoms. The number of anilines is 2. The molecule has 2 aliphatic heterocycles. The van der Waals surface area contributed by atoms with Gasteiger partial charge in [0.05, 0.1) is 11.3 Å². The Kier molecular flexibility index (Phi) is 4.05. The minimum absolute atomic E-state index is 0.169. The number of hydrogen-bond acceptors (Lipinski definition) is 4. The van der Waals surface area contributed by atoms with E-state index in [1.165, 1.54) is 0 Å². The summed E-state index contributed by atoms with van der Waals surface area (Å²) in [4.78, 5) is 24.3. The van der Waals surface area contributed by atoms with Gasteiger partial charge in [-0.3, -0.25) is 9.59 Å². The van der Waals surface area contributed by atoms with E-state index in [1.54, 1.807) is 49.4 Å². The molecule has 0 radical (unpaired) electrons. The van der Waals surface area contributed by atoms with Gasteiger partial charge in [-0.05, 0) is 49.4 Å². The first-order chi connectivity index (χ1) is 12.5. The lowest BCUT2D eigenvalue weighted by atomic mass is 10.1. The van der Waals surface area contributed by atoms with Crippen LogP contribution in [0.25, 0.3) is 6.08 Å². The second kappa shape index (κ2) is 6.38. The van der Waals surface area contributed by atoms with Gasteiger partial charge < -0.3 is 20.1 Å². The zero-order valence-electron chi connectivity index (χ0n) is 13.8. The number of fused-ring (bicyclic) bond motifs is 2. The molecule has 2 aromatic rings. The number of ether oxygens (including phenoxy) is 2. The molecule has 0 bridgehead atoms. The van der Waals surface area contributed by atoms with Crippen molar-refractivity contribution in [3.05, 3.63) is 52.6 Å². The summed E-state index contributed by atoms with van der Waals surface area (Å²) in [6, 6.07) is 10.3. The molecule has 0 fully saturated rings. The molecule has 0 saturated carbocycles. The highest BCUT2D eigenvalue weighted by atomic mass is 35.5. The first-order valence-electron chi connectivity index (χ1n) is 8.05. The topological polar surface area (TPSA) is 76.7 Å². The standard InChI is InChI=1S/C19H15ClN2O4/c1-10-18(23)22-15-8-14(3-5-17(15)26-10)21-19(24)12-6-11-7-13(20)2-4-16(11)25-9-12/h2-8,10H,9H2,1H3,(H,21,24)(H,22,23). The Morgan fingerprint density at radius 1 is 1.23 bits per heavy atom. The number of carbonyl (C=O) groups is 2. The fourth-order valence-electron chi connectivity index (χ4n) is 2.78. The number of nitrogens with one attached hydrogen (secondary N) is 2. The van der Waals surface area contributed by atoms with E-state index in [4.69, 9.17) is 21.1 Å². The van der Waals surface area contributed by atoms with Gasteiger partial charge in [0.25, 0.3) is 11.8 Å². The van der Waals surface area contributed by atoms with Gasteiger partial charge in [-0.2, -0.15) is 0 Å². The first-order valence-corrected chi connectivity index (χ1v) is 8.43. The second-order valence-electron chi connectivity index (χ2n) is 6.05. The number of carbonyl (C=O) groups excluding carboxylic acids is 2. The summed E-state index contributed by atoms with van der Waals surface area (Å²) in [5.41, 5.74) is 2.31. The fourth-order valence-corrected chi connectivity index (χ4v) is 2.96. The van der Waals surface area contributed by atoms with Crippen LogP contribution >= 0.6 is 11.6 Å². The van der Waals surface area contributed by atoms with E-state index in [2.05, 4.69) is 10.6 Å². The molecule has 6 nitrogen and oxygen atoms in total. The van der Waals surface area contributed by atoms with Gasteiger partial charge >= 0.3 is 0 Å². The van der Waals surface area contributed by atoms with Crippen molar-refractivity contribution in [2.24, 2.45) is 0 Å². The smallest absolute Gasteiger partial charge is 0.265 e. The maximum atomic E-state index is 12.5. The van der Waals surface area contributed by atoms with Crippen LogP contribution in [0.1, 0.15) is 12.5 Å². The van der Waals surface area contributed by atoms with Crippen molar-refractivity contribution in [1.29, 1.82) is 0 Å². The highest BCUT2D eigenvalue weighted by Gasteiger charge is 2.24. The molecule has 1 unspecified atom stereocenters. The Morgan fingerprint density at radius 3 is 2.88 bits per heavy atom. The van der Waals surface area contributed by atoms with Gasteiger partial charge in [-0.15, -0.1) is 0 Å². The van der Waals surface area contributed by atoms with Crippen molar-refractivity contribution in [2.75, 3.05) is 17.2 Å². The fraction of sp³-hybridized carbons (Fsp3) is 0.158. The van der Waals surface area contributed by atoms with Crippen molar-refractivity contribution < 1.29 is 19.1 Å². The van der Waals surface area contributed by atoms with Crippen LogP contribution < -0.4 is 20.1 Å². The molecule has 1 atom stereocenters. The van der Waals surface area contributed by atoms with Crippen molar-refractivity contribution in [2.45, 2.75) is 13.0 Å². The van der Waals surface area contributed by atoms with E-state index in [1.807, 2.05) is 0 Å². The van der Waals surface area contributed by atoms with Crippen molar-refractivity contribution in [3.8, 4) is 11.5 Å². The summed E-state index contributed by atoms with van der Waals surface area (Å²) in [7, 11) is 0. The van der Waals surface area contributed by atoms with E-state index >= 15 is 0 Å². The lowest BCUT2D eigenvalue weighted by Crippen LogP contribution is -2.34. The third kappa shape index (κ3) is 3.11. The van der Waals surface area contributed by atoms with Crippen molar-refractivity contribution in [1.82, 2.24) is 0 Å². The summed E-state index contributed by atoms with van der Waals surface area (Å²) in [5, 5.41) is 6.13. The monoisotopic (exact) mass is 370 g/mol. The summed E-state index contributed by atoms with van der Waals surface area (Å²) in [6.07, 6.45) is 1.21. The molecule has 2 heterocycles. The van der Waals surface area contributed by atoms with Gasteiger partial charge in [0.15, 0.2) is 6.10 Å². The minimum atomic E-state index is -0.542. The normalized spacial score (nSPS) is 17.7. The average molecular weight is 371 g/mol. The number of amides is 2. The quantitative estimate of drug-likeness (QED) is 0.848. The molecule has 0 saturated heterocycles. The number of benzene rings is 2. The van der Waals surface area contributed by atoms with Gasteiger partial charge in [0, 0.05) is 16.3 Å². The van der Waals surface area contributed by atoms with Crippen LogP contribution in [0.3, 0.4) is 0 Å². The van der Waals surface area contributed by atoms with E-state index in [0.29, 0.717) is 33.5 Å². The maximum Gasteiger partial charge on any atom is 0.265 e. The SMILES string of the molecule is CC1Oc2ccc(NC(=O)C3=Cc4cc(Cl)ccc4OC3)cc2NC1=O. The lowest BCUT2D eigenvalue weighted by Gasteiger charge is -2.24. The molecule has 2 aromatic carbocycles. The van der Waals surface area contributed by atoms with E-state index in [9.17, 15) is 9.59 Å². The van der Waals surface area contributed by atoms with Crippen LogP contribution in [0.2, 0.25) is 5.02 Å². The summed E-state index contributed by atoms with van der Waals surface area (Å²) < 4.78 is 11.1. The highest BCUT2D eigenvalue weighted by Crippen LogP contribution is 2.33. The third-order valence-corrected chi connectivity index (χ3v) is 4.38. The lowest BCUT2D eigenvalue weighted by molar-refractivity contribution is -0.122. The average Bonchev–Trinajstić information content (AvgIpc) is 2.62. The van der Waals surface area contributed by atoms with Gasteiger partial charge in [-0.1, -0.05) is 11.6 Å². The van der Waals surface area contributed by atoms with Gasteiger partial charge in [-0.25, -0.2) is 0 Å². The van der Waals surface area contributed by atoms with E-state index in [0.717, 1.165) is 5.56 Å². The zero-order chi connectivity index (χ0) is 18.3. The van der Waals surface area contributed by atoms with E-state index < -0.39 is 6.10 Å². The zero-order valence-corrected chi connectivity index (χ0v) is 14.6. The van der Waals surface area contributed by atoms with E-state index in [-0.39, 0.29) is 18.4 Å². The molecule has 132 valence electrons. The third-order valence-electron chi connectivity index (χ3n) is 4.14. The largest absolute Gasteiger partial charge is 0.488 e. The van der Waals surface area contributed by atoms with Gasteiger partial charge in [0.2, 0.25) is 0 Å². The van der Waals surface area contributed by atoms with Crippen LogP contribution in [0.15, 0.2) is 42.0 Å². The Bertz CT molecular complexity index is 955. The molecular formula is C19H15ClN2O4. The van der Waals surface area contributed by atoms with Crippen LogP contribution in [0, 0.1) is 0 Å². The molecule has 26 heavy (non-hydrogen) atoms. The van der Waals surface area contributed by atoms with Crippen LogP contribution in [0.5, 0.6) is 11.5 Å². The molecule has 0 aromatic heterocycles. The molecule has 0 aliphatic carbocycles. The maximum absolute atomic E-state index is 12.5. The van der Waals surface area contributed by atoms with Crippen LogP contribution in [0.4, 0.5) is 11.4 Å². The Labute approximate surface area is 154 Å². The number of rotatable bonds is 2. The Balaban J connectivity index is 1.54. The highest BCUT2D eigenvalue weighted by molar-refractivity contribution is 6.30. The molecular weight excluding hydrogens is 356 g/mol. The second-order valence-corrected chi connectivity index (χ2v) is 6.49. The Morgan fingerprint density at radius 2 is 2.04 bits per heavy atom. The predicted molar refractivity (Wildman–Crippen MR) is 98.7 cm³/mol. The molecule has 2 aliphatic rings. The summed E-state index contributed by atoms with van der Waals surface area (Å²) in [6.45, 7) is 1.84. The minimum Gasteiger partial charge on any atom is -0.488 e. The number of halogens is 1. The summed E-state index contributed by atoms with van der Waals surface area (Å²) in [5.74, 6) is 0.748. The van der Waals surface area contributed by atoms with Gasteiger partial charge in [0.1, 0.15) is 18.1 Å². The molecule has 4 rings (SSSR count). The molecule has 2 amide bonds. The molecule has 7 heteroatoms.